The number of anilines is 2. The summed E-state index contributed by atoms with van der Waals surface area (Å²) in [6.07, 6.45) is 1.15. The summed E-state index contributed by atoms with van der Waals surface area (Å²) in [6, 6.07) is 21.2. The Morgan fingerprint density at radius 2 is 1.68 bits per heavy atom. The first-order chi connectivity index (χ1) is 19.3. The third-order valence-corrected chi connectivity index (χ3v) is 8.70. The molecule has 208 valence electrons. The van der Waals surface area contributed by atoms with Crippen molar-refractivity contribution in [3.05, 3.63) is 72.8 Å². The highest BCUT2D eigenvalue weighted by Crippen LogP contribution is 2.59. The lowest BCUT2D eigenvalue weighted by Crippen LogP contribution is -2.56. The second-order valence-electron chi connectivity index (χ2n) is 11.7. The molecule has 8 nitrogen and oxygen atoms in total. The minimum absolute atomic E-state index is 0.182. The van der Waals surface area contributed by atoms with Gasteiger partial charge in [-0.25, -0.2) is 0 Å². The smallest absolute Gasteiger partial charge is 0.250 e. The molecule has 3 heterocycles. The van der Waals surface area contributed by atoms with Crippen LogP contribution in [0.1, 0.15) is 33.1 Å². The highest BCUT2D eigenvalue weighted by Gasteiger charge is 2.75. The number of nitrogens with one attached hydrogen (secondary N) is 2. The number of hydrogen-bond donors (Lipinski definition) is 3. The molecule has 3 aliphatic heterocycles. The van der Waals surface area contributed by atoms with E-state index in [0.29, 0.717) is 30.6 Å². The van der Waals surface area contributed by atoms with Gasteiger partial charge in [-0.05, 0) is 60.2 Å². The number of amides is 3. The number of likely N-dealkylation sites (tertiary alicyclic amines) is 1. The standard InChI is InChI=1S/C32H35N3O5/c1-19(2)16-24(18-36)35-28(30(38)34-23-13-12-20-8-6-7-9-21(20)17-23)32-15-14-25(40-32)26(27(32)31(35)39)29(37)33-22-10-4-3-5-11-22/h3-13,17,19,24-28,36H,14-16,18H2,1-2H3,(H,33,37)(H,34,38)/t24-,25+,26-,27+,28?,32?/m1/s1. The highest BCUT2D eigenvalue weighted by molar-refractivity contribution is 6.05. The second kappa shape index (κ2) is 10.3. The molecule has 0 aliphatic carbocycles. The van der Waals surface area contributed by atoms with Crippen molar-refractivity contribution in [3.8, 4) is 0 Å². The predicted octanol–water partition coefficient (Wildman–Crippen LogP) is 4.20. The van der Waals surface area contributed by atoms with E-state index in [1.54, 1.807) is 12.1 Å². The zero-order chi connectivity index (χ0) is 28.0. The summed E-state index contributed by atoms with van der Waals surface area (Å²) < 4.78 is 6.53. The summed E-state index contributed by atoms with van der Waals surface area (Å²) in [7, 11) is 0. The van der Waals surface area contributed by atoms with E-state index in [1.807, 2.05) is 74.5 Å². The van der Waals surface area contributed by atoms with Gasteiger partial charge in [-0.2, -0.15) is 0 Å². The van der Waals surface area contributed by atoms with Crippen molar-refractivity contribution in [2.75, 3.05) is 17.2 Å². The first kappa shape index (κ1) is 26.5. The molecule has 6 rings (SSSR count). The number of benzene rings is 3. The lowest BCUT2D eigenvalue weighted by molar-refractivity contribution is -0.143. The van der Waals surface area contributed by atoms with Crippen LogP contribution in [0, 0.1) is 17.8 Å². The van der Waals surface area contributed by atoms with Crippen LogP contribution in [0.3, 0.4) is 0 Å². The number of para-hydroxylation sites is 1. The monoisotopic (exact) mass is 541 g/mol. The van der Waals surface area contributed by atoms with Gasteiger partial charge in [-0.1, -0.05) is 62.4 Å². The van der Waals surface area contributed by atoms with Crippen LogP contribution in [-0.2, 0) is 19.1 Å². The van der Waals surface area contributed by atoms with Crippen molar-refractivity contribution in [2.24, 2.45) is 17.8 Å². The van der Waals surface area contributed by atoms with Crippen LogP contribution in [0.25, 0.3) is 10.8 Å². The van der Waals surface area contributed by atoms with Crippen molar-refractivity contribution < 1.29 is 24.2 Å². The molecule has 3 aromatic rings. The fraction of sp³-hybridized carbons (Fsp3) is 0.406. The fourth-order valence-electron chi connectivity index (χ4n) is 7.13. The van der Waals surface area contributed by atoms with Gasteiger partial charge in [0.2, 0.25) is 17.7 Å². The van der Waals surface area contributed by atoms with Gasteiger partial charge in [-0.15, -0.1) is 0 Å². The van der Waals surface area contributed by atoms with Gasteiger partial charge in [-0.3, -0.25) is 14.4 Å². The number of rotatable bonds is 8. The van der Waals surface area contributed by atoms with E-state index >= 15 is 0 Å². The molecule has 3 aliphatic rings. The van der Waals surface area contributed by atoms with Crippen molar-refractivity contribution in [1.82, 2.24) is 4.90 Å². The van der Waals surface area contributed by atoms with Crippen molar-refractivity contribution in [2.45, 2.75) is 56.9 Å². The number of hydrogen-bond acceptors (Lipinski definition) is 5. The third kappa shape index (κ3) is 4.35. The summed E-state index contributed by atoms with van der Waals surface area (Å²) in [5.41, 5.74) is 0.128. The van der Waals surface area contributed by atoms with Crippen LogP contribution in [0.5, 0.6) is 0 Å². The van der Waals surface area contributed by atoms with Gasteiger partial charge in [0.05, 0.1) is 30.6 Å². The number of carbonyl (C=O) groups excluding carboxylic acids is 3. The first-order valence-corrected chi connectivity index (χ1v) is 14.1. The minimum Gasteiger partial charge on any atom is -0.394 e. The number of nitrogens with zero attached hydrogens (tertiary/aromatic N) is 1. The average molecular weight is 542 g/mol. The van der Waals surface area contributed by atoms with Crippen LogP contribution in [0.15, 0.2) is 72.8 Å². The summed E-state index contributed by atoms with van der Waals surface area (Å²) in [6.45, 7) is 3.76. The van der Waals surface area contributed by atoms with Crippen molar-refractivity contribution in [3.63, 3.8) is 0 Å². The zero-order valence-corrected chi connectivity index (χ0v) is 22.7. The first-order valence-electron chi connectivity index (χ1n) is 14.1. The van der Waals surface area contributed by atoms with E-state index in [-0.39, 0.29) is 30.2 Å². The Morgan fingerprint density at radius 3 is 2.40 bits per heavy atom. The van der Waals surface area contributed by atoms with E-state index in [1.165, 1.54) is 4.90 Å². The maximum absolute atomic E-state index is 14.2. The van der Waals surface area contributed by atoms with Crippen LogP contribution in [0.4, 0.5) is 11.4 Å². The summed E-state index contributed by atoms with van der Waals surface area (Å²) in [5, 5.41) is 18.4. The van der Waals surface area contributed by atoms with Gasteiger partial charge in [0.15, 0.2) is 0 Å². The Balaban J connectivity index is 1.36. The van der Waals surface area contributed by atoms with E-state index in [2.05, 4.69) is 10.6 Å². The Kier molecular flexibility index (Phi) is 6.84. The quantitative estimate of drug-likeness (QED) is 0.396. The average Bonchev–Trinajstić information content (AvgIpc) is 3.59. The predicted molar refractivity (Wildman–Crippen MR) is 152 cm³/mol. The Morgan fingerprint density at radius 1 is 0.975 bits per heavy atom. The van der Waals surface area contributed by atoms with E-state index < -0.39 is 35.6 Å². The number of aliphatic hydroxyl groups excluding tert-OH is 1. The zero-order valence-electron chi connectivity index (χ0n) is 22.7. The van der Waals surface area contributed by atoms with Gasteiger partial charge >= 0.3 is 0 Å². The van der Waals surface area contributed by atoms with Gasteiger partial charge in [0.25, 0.3) is 0 Å². The Labute approximate surface area is 233 Å². The minimum atomic E-state index is -1.13. The SMILES string of the molecule is CC(C)C[C@H](CO)N1C(=O)[C@@H]2[C@H](C(=O)Nc3ccccc3)[C@@H]3CCC2(O3)C1C(=O)Nc1ccc2ccccc2c1. The molecular weight excluding hydrogens is 506 g/mol. The van der Waals surface area contributed by atoms with Gasteiger partial charge in [0.1, 0.15) is 11.6 Å². The molecule has 0 aromatic heterocycles. The molecule has 2 bridgehead atoms. The third-order valence-electron chi connectivity index (χ3n) is 8.70. The fourth-order valence-corrected chi connectivity index (χ4v) is 7.13. The number of aliphatic hydroxyl groups is 1. The summed E-state index contributed by atoms with van der Waals surface area (Å²) >= 11 is 0. The topological polar surface area (TPSA) is 108 Å². The molecule has 0 radical (unpaired) electrons. The molecule has 40 heavy (non-hydrogen) atoms. The highest BCUT2D eigenvalue weighted by atomic mass is 16.5. The van der Waals surface area contributed by atoms with Crippen LogP contribution in [0.2, 0.25) is 0 Å². The van der Waals surface area contributed by atoms with E-state index in [4.69, 9.17) is 4.74 Å². The number of fused-ring (bicyclic) bond motifs is 2. The summed E-state index contributed by atoms with van der Waals surface area (Å²) in [4.78, 5) is 43.5. The lowest BCUT2D eigenvalue weighted by atomic mass is 9.70. The summed E-state index contributed by atoms with van der Waals surface area (Å²) in [5.74, 6) is -2.28. The molecule has 3 saturated heterocycles. The molecule has 3 N–H and O–H groups in total. The molecular formula is C32H35N3O5. The molecule has 0 saturated carbocycles. The molecule has 6 atom stereocenters. The normalized spacial score (nSPS) is 27.7. The largest absolute Gasteiger partial charge is 0.394 e. The number of carbonyl (C=O) groups is 3. The van der Waals surface area contributed by atoms with Crippen LogP contribution >= 0.6 is 0 Å². The Hall–Kier alpha value is -3.75. The maximum atomic E-state index is 14.2. The second-order valence-corrected chi connectivity index (χ2v) is 11.7. The molecule has 1 spiro atoms. The van der Waals surface area contributed by atoms with Crippen LogP contribution in [-0.4, -0.2) is 58.1 Å². The number of ether oxygens (including phenoxy) is 1. The van der Waals surface area contributed by atoms with Gasteiger partial charge in [0, 0.05) is 11.4 Å². The van der Waals surface area contributed by atoms with Gasteiger partial charge < -0.3 is 25.4 Å². The molecule has 3 aromatic carbocycles. The maximum Gasteiger partial charge on any atom is 0.250 e. The van der Waals surface area contributed by atoms with Crippen LogP contribution < -0.4 is 10.6 Å². The van der Waals surface area contributed by atoms with Crippen molar-refractivity contribution >= 4 is 39.9 Å². The molecule has 3 fully saturated rings. The molecule has 8 heteroatoms. The van der Waals surface area contributed by atoms with E-state index in [9.17, 15) is 19.5 Å². The molecule has 2 unspecified atom stereocenters. The molecule has 3 amide bonds. The lowest BCUT2D eigenvalue weighted by Gasteiger charge is -2.37. The van der Waals surface area contributed by atoms with Crippen molar-refractivity contribution in [1.29, 1.82) is 0 Å². The van der Waals surface area contributed by atoms with E-state index in [0.717, 1.165) is 10.8 Å². The Bertz CT molecular complexity index is 1440.